The number of hydrogen-bond donors (Lipinski definition) is 0. The van der Waals surface area contributed by atoms with Crippen LogP contribution < -0.4 is 0 Å². The Morgan fingerprint density at radius 1 is 1.47 bits per heavy atom. The summed E-state index contributed by atoms with van der Waals surface area (Å²) >= 11 is 0. The second-order valence-corrected chi connectivity index (χ2v) is 11.2. The van der Waals surface area contributed by atoms with Gasteiger partial charge in [-0.15, -0.1) is 0 Å². The highest BCUT2D eigenvalue weighted by molar-refractivity contribution is 6.77. The summed E-state index contributed by atoms with van der Waals surface area (Å²) < 4.78 is 10.4. The van der Waals surface area contributed by atoms with Crippen molar-refractivity contribution in [3.05, 3.63) is 12.2 Å². The van der Waals surface area contributed by atoms with Gasteiger partial charge in [0.05, 0.1) is 21.3 Å². The van der Waals surface area contributed by atoms with Crippen molar-refractivity contribution in [2.45, 2.75) is 50.5 Å². The van der Waals surface area contributed by atoms with Gasteiger partial charge in [-0.25, -0.2) is 4.79 Å². The summed E-state index contributed by atoms with van der Waals surface area (Å²) in [5.74, 6) is -0.287. The van der Waals surface area contributed by atoms with E-state index in [2.05, 4.69) is 24.4 Å². The zero-order valence-electron chi connectivity index (χ0n) is 11.4. The number of carbonyl (C=O) groups is 1. The van der Waals surface area contributed by atoms with Crippen LogP contribution in [-0.4, -0.2) is 33.9 Å². The summed E-state index contributed by atoms with van der Waals surface area (Å²) in [4.78, 5) is 11.0. The van der Waals surface area contributed by atoms with Gasteiger partial charge in [0.2, 0.25) is 0 Å². The number of rotatable bonds is 4. The molecule has 0 aromatic heterocycles. The summed E-state index contributed by atoms with van der Waals surface area (Å²) in [6, 6.07) is 0. The summed E-state index contributed by atoms with van der Waals surface area (Å²) in [6.45, 7) is 8.04. The van der Waals surface area contributed by atoms with Crippen molar-refractivity contribution in [2.75, 3.05) is 13.7 Å². The van der Waals surface area contributed by atoms with Crippen LogP contribution in [0, 0.1) is 0 Å². The summed E-state index contributed by atoms with van der Waals surface area (Å²) in [6.07, 6.45) is 6.94. The Hall–Kier alpha value is -0.613. The van der Waals surface area contributed by atoms with Crippen molar-refractivity contribution >= 4 is 14.0 Å². The minimum atomic E-state index is -1.18. The van der Waals surface area contributed by atoms with Crippen molar-refractivity contribution in [1.29, 1.82) is 0 Å². The predicted octanol–water partition coefficient (Wildman–Crippen LogP) is 2.99. The maximum Gasteiger partial charge on any atom is 0.330 e. The first kappa shape index (κ1) is 14.4. The van der Waals surface area contributed by atoms with Gasteiger partial charge in [0.25, 0.3) is 0 Å². The van der Waals surface area contributed by atoms with Gasteiger partial charge in [0.15, 0.2) is 0 Å². The van der Waals surface area contributed by atoms with E-state index >= 15 is 0 Å². The maximum atomic E-state index is 11.0. The molecular formula is C13H24O3Si. The number of hydrogen-bond acceptors (Lipinski definition) is 3. The van der Waals surface area contributed by atoms with Crippen molar-refractivity contribution in [3.8, 4) is 0 Å². The van der Waals surface area contributed by atoms with E-state index in [1.165, 1.54) is 26.0 Å². The van der Waals surface area contributed by atoms with Crippen LogP contribution in [0.5, 0.6) is 0 Å². The molecule has 0 spiro atoms. The average molecular weight is 256 g/mol. The fourth-order valence-electron chi connectivity index (χ4n) is 2.43. The largest absolute Gasteiger partial charge is 0.466 e. The van der Waals surface area contributed by atoms with E-state index in [0.717, 1.165) is 13.0 Å². The molecule has 0 aromatic carbocycles. The highest BCUT2D eigenvalue weighted by atomic mass is 28.3. The first-order valence-corrected chi connectivity index (χ1v) is 9.89. The smallest absolute Gasteiger partial charge is 0.330 e. The monoisotopic (exact) mass is 256 g/mol. The van der Waals surface area contributed by atoms with Gasteiger partial charge in [-0.1, -0.05) is 25.7 Å². The molecule has 1 saturated heterocycles. The van der Waals surface area contributed by atoms with Gasteiger partial charge in [0, 0.05) is 12.7 Å². The number of carbonyl (C=O) groups excluding carboxylic acids is 1. The van der Waals surface area contributed by atoms with Crippen LogP contribution in [0.4, 0.5) is 0 Å². The Morgan fingerprint density at radius 2 is 2.18 bits per heavy atom. The zero-order valence-corrected chi connectivity index (χ0v) is 12.4. The zero-order chi connectivity index (χ0) is 12.9. The van der Waals surface area contributed by atoms with Gasteiger partial charge in [-0.3, -0.25) is 0 Å². The van der Waals surface area contributed by atoms with E-state index in [4.69, 9.17) is 4.74 Å². The second-order valence-electron chi connectivity index (χ2n) is 5.69. The molecule has 0 N–H and O–H groups in total. The minimum absolute atomic E-state index is 0.287. The molecule has 3 nitrogen and oxygen atoms in total. The summed E-state index contributed by atoms with van der Waals surface area (Å²) in [7, 11) is 0.217. The molecule has 1 fully saturated rings. The number of ether oxygens (including phenoxy) is 2. The predicted molar refractivity (Wildman–Crippen MR) is 71.8 cm³/mol. The molecule has 0 amide bonds. The standard InChI is InChI=1S/C13H24O3Si/c1-15-13(14)9-5-7-11-12(17(2,3)4)8-6-10-16-11/h5,9,11-12H,6-8,10H2,1-4H3. The van der Waals surface area contributed by atoms with Crippen LogP contribution in [0.3, 0.4) is 0 Å². The Bertz CT molecular complexity index is 281. The molecule has 1 rings (SSSR count). The molecule has 0 bridgehead atoms. The van der Waals surface area contributed by atoms with Crippen molar-refractivity contribution < 1.29 is 14.3 Å². The molecule has 0 saturated carbocycles. The molecule has 2 unspecified atom stereocenters. The fourth-order valence-corrected chi connectivity index (χ4v) is 4.85. The van der Waals surface area contributed by atoms with E-state index in [-0.39, 0.29) is 12.1 Å². The van der Waals surface area contributed by atoms with Crippen LogP contribution in [0.25, 0.3) is 0 Å². The van der Waals surface area contributed by atoms with Crippen molar-refractivity contribution in [1.82, 2.24) is 0 Å². The highest BCUT2D eigenvalue weighted by Crippen LogP contribution is 2.36. The first-order valence-electron chi connectivity index (χ1n) is 6.31. The molecule has 1 aliphatic rings. The second kappa shape index (κ2) is 6.35. The Morgan fingerprint density at radius 3 is 2.76 bits per heavy atom. The Kier molecular flexibility index (Phi) is 5.40. The lowest BCUT2D eigenvalue weighted by atomic mass is 10.1. The van der Waals surface area contributed by atoms with Gasteiger partial charge >= 0.3 is 5.97 Å². The highest BCUT2D eigenvalue weighted by Gasteiger charge is 2.35. The van der Waals surface area contributed by atoms with Crippen LogP contribution in [0.15, 0.2) is 12.2 Å². The van der Waals surface area contributed by atoms with Gasteiger partial charge < -0.3 is 9.47 Å². The minimum Gasteiger partial charge on any atom is -0.466 e. The molecule has 98 valence electrons. The third kappa shape index (κ3) is 4.64. The molecule has 1 heterocycles. The van der Waals surface area contributed by atoms with Crippen LogP contribution in [-0.2, 0) is 14.3 Å². The van der Waals surface area contributed by atoms with E-state index in [9.17, 15) is 4.79 Å². The normalized spacial score (nSPS) is 26.1. The van der Waals surface area contributed by atoms with E-state index in [1.54, 1.807) is 0 Å². The molecule has 2 atom stereocenters. The summed E-state index contributed by atoms with van der Waals surface area (Å²) in [5, 5.41) is 0. The SMILES string of the molecule is COC(=O)C=CCC1OCCCC1[Si](C)(C)C. The molecule has 17 heavy (non-hydrogen) atoms. The average Bonchev–Trinajstić information content (AvgIpc) is 2.28. The van der Waals surface area contributed by atoms with Crippen LogP contribution >= 0.6 is 0 Å². The molecule has 0 aromatic rings. The lowest BCUT2D eigenvalue weighted by Gasteiger charge is -2.38. The maximum absolute atomic E-state index is 11.0. The Labute approximate surface area is 105 Å². The van der Waals surface area contributed by atoms with E-state index in [1.807, 2.05) is 6.08 Å². The van der Waals surface area contributed by atoms with Gasteiger partial charge in [-0.05, 0) is 24.8 Å². The lowest BCUT2D eigenvalue weighted by molar-refractivity contribution is -0.134. The van der Waals surface area contributed by atoms with Crippen LogP contribution in [0.2, 0.25) is 25.2 Å². The van der Waals surface area contributed by atoms with Gasteiger partial charge in [-0.2, -0.15) is 0 Å². The molecule has 1 aliphatic heterocycles. The topological polar surface area (TPSA) is 35.5 Å². The third-order valence-electron chi connectivity index (χ3n) is 3.38. The quantitative estimate of drug-likeness (QED) is 0.441. The van der Waals surface area contributed by atoms with E-state index in [0.29, 0.717) is 5.54 Å². The van der Waals surface area contributed by atoms with Crippen molar-refractivity contribution in [3.63, 3.8) is 0 Å². The lowest BCUT2D eigenvalue weighted by Crippen LogP contribution is -2.40. The van der Waals surface area contributed by atoms with E-state index < -0.39 is 8.07 Å². The number of methoxy groups -OCH3 is 1. The summed E-state index contributed by atoms with van der Waals surface area (Å²) in [5.41, 5.74) is 0.693. The first-order chi connectivity index (χ1) is 7.95. The molecule has 0 aliphatic carbocycles. The number of esters is 1. The fraction of sp³-hybridized carbons (Fsp3) is 0.769. The molecular weight excluding hydrogens is 232 g/mol. The molecule has 4 heteroatoms. The Balaban J connectivity index is 2.54. The van der Waals surface area contributed by atoms with Gasteiger partial charge in [0.1, 0.15) is 0 Å². The van der Waals surface area contributed by atoms with Crippen LogP contribution in [0.1, 0.15) is 19.3 Å². The molecule has 0 radical (unpaired) electrons. The third-order valence-corrected chi connectivity index (χ3v) is 6.26. The van der Waals surface area contributed by atoms with Crippen molar-refractivity contribution in [2.24, 2.45) is 0 Å².